The first-order chi connectivity index (χ1) is 11.1. The van der Waals surface area contributed by atoms with Crippen LogP contribution in [0.2, 0.25) is 0 Å². The first-order valence-electron chi connectivity index (χ1n) is 7.42. The topological polar surface area (TPSA) is 91.4 Å². The highest BCUT2D eigenvalue weighted by atomic mass is 16.2. The molecule has 1 atom stereocenters. The minimum Gasteiger partial charge on any atom is -0.365 e. The molecule has 2 aliphatic rings. The van der Waals surface area contributed by atoms with Gasteiger partial charge in [0.25, 0.3) is 5.91 Å². The van der Waals surface area contributed by atoms with Gasteiger partial charge >= 0.3 is 6.03 Å². The summed E-state index contributed by atoms with van der Waals surface area (Å²) in [5.41, 5.74) is 1.36. The van der Waals surface area contributed by atoms with Crippen LogP contribution in [0.4, 0.5) is 10.5 Å². The number of hydrogen-bond donors (Lipinski definition) is 0. The lowest BCUT2D eigenvalue weighted by Gasteiger charge is -2.37. The van der Waals surface area contributed by atoms with Gasteiger partial charge < -0.3 is 9.80 Å². The largest absolute Gasteiger partial charge is 0.365 e. The molecule has 7 heteroatoms. The molecule has 0 N–H and O–H groups in total. The Labute approximate surface area is 133 Å². The molecule has 3 amide bonds. The molecule has 0 bridgehead atoms. The average Bonchev–Trinajstić information content (AvgIpc) is 2.84. The number of fused-ring (bicyclic) bond motifs is 1. The lowest BCUT2D eigenvalue weighted by atomic mass is 10.0. The Kier molecular flexibility index (Phi) is 3.63. The number of likely N-dealkylation sites (N-methyl/N-ethyl adjacent to an activating group) is 1. The molecule has 3 rings (SSSR count). The van der Waals surface area contributed by atoms with E-state index in [-0.39, 0.29) is 11.9 Å². The predicted molar refractivity (Wildman–Crippen MR) is 81.4 cm³/mol. The number of carbonyl (C=O) groups is 2. The Morgan fingerprint density at radius 2 is 1.83 bits per heavy atom. The summed E-state index contributed by atoms with van der Waals surface area (Å²) in [4.78, 5) is 29.2. The molecule has 2 aliphatic heterocycles. The monoisotopic (exact) mass is 309 g/mol. The van der Waals surface area contributed by atoms with Gasteiger partial charge in [0, 0.05) is 26.2 Å². The standard InChI is InChI=1S/C16H15N5O2/c1-2-20-15(22)13-10-19(6-7-21(13)16(20)23)14-11(8-17)4-3-5-12(14)9-18/h3-5,13H,2,6-7,10H2,1H3. The highest BCUT2D eigenvalue weighted by Gasteiger charge is 2.47. The minimum absolute atomic E-state index is 0.213. The van der Waals surface area contributed by atoms with E-state index < -0.39 is 6.04 Å². The maximum atomic E-state index is 12.4. The van der Waals surface area contributed by atoms with Gasteiger partial charge in [0.1, 0.15) is 18.2 Å². The Bertz CT molecular complexity index is 728. The lowest BCUT2D eigenvalue weighted by molar-refractivity contribution is -0.128. The fourth-order valence-corrected chi connectivity index (χ4v) is 3.21. The summed E-state index contributed by atoms with van der Waals surface area (Å²) in [5.74, 6) is -0.213. The van der Waals surface area contributed by atoms with Crippen LogP contribution < -0.4 is 4.90 Å². The Morgan fingerprint density at radius 3 is 2.39 bits per heavy atom. The summed E-state index contributed by atoms with van der Waals surface area (Å²) < 4.78 is 0. The summed E-state index contributed by atoms with van der Waals surface area (Å²) >= 11 is 0. The molecule has 0 spiro atoms. The van der Waals surface area contributed by atoms with Gasteiger partial charge in [-0.15, -0.1) is 0 Å². The number of carbonyl (C=O) groups excluding carboxylic acids is 2. The van der Waals surface area contributed by atoms with E-state index in [4.69, 9.17) is 0 Å². The van der Waals surface area contributed by atoms with Crippen molar-refractivity contribution in [1.82, 2.24) is 9.80 Å². The van der Waals surface area contributed by atoms with Crippen molar-refractivity contribution in [3.63, 3.8) is 0 Å². The first-order valence-corrected chi connectivity index (χ1v) is 7.42. The number of urea groups is 1. The van der Waals surface area contributed by atoms with Crippen molar-refractivity contribution in [3.8, 4) is 12.1 Å². The first kappa shape index (κ1) is 14.9. The molecule has 1 aromatic carbocycles. The van der Waals surface area contributed by atoms with E-state index in [1.165, 1.54) is 4.90 Å². The fraction of sp³-hybridized carbons (Fsp3) is 0.375. The van der Waals surface area contributed by atoms with Gasteiger partial charge in [0.05, 0.1) is 16.8 Å². The third kappa shape index (κ3) is 2.18. The van der Waals surface area contributed by atoms with Crippen LogP contribution in [0, 0.1) is 22.7 Å². The van der Waals surface area contributed by atoms with Crippen LogP contribution in [0.3, 0.4) is 0 Å². The highest BCUT2D eigenvalue weighted by Crippen LogP contribution is 2.30. The van der Waals surface area contributed by atoms with Crippen LogP contribution >= 0.6 is 0 Å². The third-order valence-electron chi connectivity index (χ3n) is 4.32. The van der Waals surface area contributed by atoms with E-state index in [0.29, 0.717) is 43.0 Å². The lowest BCUT2D eigenvalue weighted by Crippen LogP contribution is -2.53. The van der Waals surface area contributed by atoms with Gasteiger partial charge in [-0.3, -0.25) is 9.69 Å². The van der Waals surface area contributed by atoms with Gasteiger partial charge in [-0.25, -0.2) is 4.79 Å². The molecule has 2 fully saturated rings. The summed E-state index contributed by atoms with van der Waals surface area (Å²) in [6.07, 6.45) is 0. The number of hydrogen-bond acceptors (Lipinski definition) is 5. The molecule has 0 radical (unpaired) electrons. The molecule has 116 valence electrons. The van der Waals surface area contributed by atoms with E-state index in [2.05, 4.69) is 12.1 Å². The molecule has 0 saturated carbocycles. The van der Waals surface area contributed by atoms with Gasteiger partial charge in [0.2, 0.25) is 0 Å². The average molecular weight is 309 g/mol. The molecule has 1 unspecified atom stereocenters. The maximum absolute atomic E-state index is 12.4. The van der Waals surface area contributed by atoms with E-state index in [9.17, 15) is 20.1 Å². The van der Waals surface area contributed by atoms with Crippen molar-refractivity contribution in [2.24, 2.45) is 0 Å². The molecular formula is C16H15N5O2. The number of anilines is 1. The molecule has 2 heterocycles. The van der Waals surface area contributed by atoms with Crippen molar-refractivity contribution in [3.05, 3.63) is 29.3 Å². The van der Waals surface area contributed by atoms with Gasteiger partial charge in [0.15, 0.2) is 0 Å². The van der Waals surface area contributed by atoms with Crippen LogP contribution in [0.25, 0.3) is 0 Å². The maximum Gasteiger partial charge on any atom is 0.327 e. The second-order valence-corrected chi connectivity index (χ2v) is 5.45. The molecule has 23 heavy (non-hydrogen) atoms. The molecule has 1 aromatic rings. The summed E-state index contributed by atoms with van der Waals surface area (Å²) in [6.45, 7) is 3.30. The number of nitriles is 2. The number of nitrogens with zero attached hydrogens (tertiary/aromatic N) is 5. The molecular weight excluding hydrogens is 294 g/mol. The van der Waals surface area contributed by atoms with Gasteiger partial charge in [-0.2, -0.15) is 10.5 Å². The zero-order valence-electron chi connectivity index (χ0n) is 12.7. The summed E-state index contributed by atoms with van der Waals surface area (Å²) in [7, 11) is 0. The van der Waals surface area contributed by atoms with Crippen molar-refractivity contribution < 1.29 is 9.59 Å². The van der Waals surface area contributed by atoms with Crippen molar-refractivity contribution in [2.75, 3.05) is 31.1 Å². The predicted octanol–water partition coefficient (Wildman–Crippen LogP) is 0.903. The number of rotatable bonds is 2. The normalized spacial score (nSPS) is 20.3. The molecule has 7 nitrogen and oxygen atoms in total. The molecule has 0 aliphatic carbocycles. The number of imide groups is 1. The van der Waals surface area contributed by atoms with Crippen molar-refractivity contribution in [1.29, 1.82) is 10.5 Å². The number of piperazine rings is 1. The highest BCUT2D eigenvalue weighted by molar-refractivity contribution is 6.04. The van der Waals surface area contributed by atoms with E-state index >= 15 is 0 Å². The smallest absolute Gasteiger partial charge is 0.327 e. The zero-order chi connectivity index (χ0) is 16.6. The van der Waals surface area contributed by atoms with E-state index in [1.54, 1.807) is 30.0 Å². The van der Waals surface area contributed by atoms with Crippen LogP contribution in [-0.4, -0.2) is 54.0 Å². The Hall–Kier alpha value is -3.06. The zero-order valence-corrected chi connectivity index (χ0v) is 12.7. The quantitative estimate of drug-likeness (QED) is 0.757. The van der Waals surface area contributed by atoms with Crippen molar-refractivity contribution >= 4 is 17.6 Å². The van der Waals surface area contributed by atoms with Gasteiger partial charge in [-0.05, 0) is 19.1 Å². The van der Waals surface area contributed by atoms with Gasteiger partial charge in [-0.1, -0.05) is 6.07 Å². The van der Waals surface area contributed by atoms with E-state index in [0.717, 1.165) is 0 Å². The second-order valence-electron chi connectivity index (χ2n) is 5.45. The summed E-state index contributed by atoms with van der Waals surface area (Å²) in [5, 5.41) is 18.6. The Morgan fingerprint density at radius 1 is 1.17 bits per heavy atom. The molecule has 2 saturated heterocycles. The van der Waals surface area contributed by atoms with E-state index in [1.807, 2.05) is 4.90 Å². The van der Waals surface area contributed by atoms with Crippen LogP contribution in [0.1, 0.15) is 18.1 Å². The number of benzene rings is 1. The van der Waals surface area contributed by atoms with Crippen LogP contribution in [0.5, 0.6) is 0 Å². The molecule has 0 aromatic heterocycles. The number of para-hydroxylation sites is 1. The second kappa shape index (κ2) is 5.62. The fourth-order valence-electron chi connectivity index (χ4n) is 3.21. The minimum atomic E-state index is -0.547. The van der Waals surface area contributed by atoms with Crippen LogP contribution in [0.15, 0.2) is 18.2 Å². The van der Waals surface area contributed by atoms with Crippen molar-refractivity contribution in [2.45, 2.75) is 13.0 Å². The third-order valence-corrected chi connectivity index (χ3v) is 4.32. The Balaban J connectivity index is 1.95. The SMILES string of the molecule is CCN1C(=O)C2CN(c3c(C#N)cccc3C#N)CCN2C1=O. The number of amides is 3. The summed E-state index contributed by atoms with van der Waals surface area (Å²) in [6, 6.07) is 8.37. The van der Waals surface area contributed by atoms with Crippen LogP contribution in [-0.2, 0) is 4.79 Å².